The van der Waals surface area contributed by atoms with Gasteiger partial charge in [0.1, 0.15) is 17.1 Å². The minimum absolute atomic E-state index is 0.0557. The highest BCUT2D eigenvalue weighted by Crippen LogP contribution is 2.25. The van der Waals surface area contributed by atoms with Gasteiger partial charge in [-0.3, -0.25) is 4.98 Å². The molecule has 0 atom stereocenters. The monoisotopic (exact) mass is 257 g/mol. The first kappa shape index (κ1) is 13.1. The van der Waals surface area contributed by atoms with Gasteiger partial charge in [0.2, 0.25) is 0 Å². The minimum Gasteiger partial charge on any atom is -0.477 e. The first-order chi connectivity index (χ1) is 9.20. The van der Waals surface area contributed by atoms with Crippen LogP contribution in [0.15, 0.2) is 42.7 Å². The fourth-order valence-electron chi connectivity index (χ4n) is 1.77. The number of aryl methyl sites for hydroxylation is 1. The van der Waals surface area contributed by atoms with E-state index in [2.05, 4.69) is 11.9 Å². The number of nitrogens with zero attached hydrogens (tertiary/aromatic N) is 1. The van der Waals surface area contributed by atoms with Crippen LogP contribution >= 0.6 is 0 Å². The normalized spacial score (nSPS) is 10.2. The molecule has 98 valence electrons. The summed E-state index contributed by atoms with van der Waals surface area (Å²) in [6.07, 6.45) is 4.90. The first-order valence-corrected chi connectivity index (χ1v) is 6.15. The Bertz CT molecular complexity index is 564. The number of benzene rings is 1. The number of pyridine rings is 1. The minimum atomic E-state index is -1.05. The van der Waals surface area contributed by atoms with Crippen molar-refractivity contribution in [1.29, 1.82) is 0 Å². The maximum absolute atomic E-state index is 11.0. The molecule has 0 aliphatic heterocycles. The molecule has 4 heteroatoms. The second kappa shape index (κ2) is 6.00. The molecule has 0 saturated heterocycles. The van der Waals surface area contributed by atoms with Crippen molar-refractivity contribution < 1.29 is 14.6 Å². The number of hydrogen-bond donors (Lipinski definition) is 1. The highest BCUT2D eigenvalue weighted by molar-refractivity contribution is 5.90. The van der Waals surface area contributed by atoms with Gasteiger partial charge >= 0.3 is 5.97 Å². The van der Waals surface area contributed by atoms with Gasteiger partial charge in [-0.1, -0.05) is 25.5 Å². The smallest absolute Gasteiger partial charge is 0.341 e. The van der Waals surface area contributed by atoms with Crippen LogP contribution in [0.1, 0.15) is 29.3 Å². The molecule has 2 rings (SSSR count). The van der Waals surface area contributed by atoms with E-state index >= 15 is 0 Å². The Morgan fingerprint density at radius 1 is 1.26 bits per heavy atom. The van der Waals surface area contributed by atoms with Crippen LogP contribution < -0.4 is 4.74 Å². The molecule has 0 spiro atoms. The number of rotatable bonds is 5. The van der Waals surface area contributed by atoms with E-state index in [-0.39, 0.29) is 5.56 Å². The van der Waals surface area contributed by atoms with Gasteiger partial charge in [0.25, 0.3) is 0 Å². The quantitative estimate of drug-likeness (QED) is 0.890. The molecule has 0 radical (unpaired) electrons. The van der Waals surface area contributed by atoms with E-state index in [9.17, 15) is 4.79 Å². The van der Waals surface area contributed by atoms with E-state index in [1.165, 1.54) is 18.0 Å². The Morgan fingerprint density at radius 2 is 2.00 bits per heavy atom. The van der Waals surface area contributed by atoms with E-state index in [0.29, 0.717) is 11.5 Å². The average molecular weight is 257 g/mol. The molecule has 0 aliphatic rings. The van der Waals surface area contributed by atoms with Crippen LogP contribution in [-0.2, 0) is 6.42 Å². The SMILES string of the molecule is CCCc1ccc(Oc2ccncc2C(=O)O)cc1. The van der Waals surface area contributed by atoms with Gasteiger partial charge < -0.3 is 9.84 Å². The van der Waals surface area contributed by atoms with Crippen molar-refractivity contribution in [2.24, 2.45) is 0 Å². The van der Waals surface area contributed by atoms with Crippen molar-refractivity contribution in [2.45, 2.75) is 19.8 Å². The molecule has 1 N–H and O–H groups in total. The summed E-state index contributed by atoms with van der Waals surface area (Å²) in [5.74, 6) is -0.134. The lowest BCUT2D eigenvalue weighted by Gasteiger charge is -2.08. The maximum Gasteiger partial charge on any atom is 0.341 e. The van der Waals surface area contributed by atoms with Crippen LogP contribution in [0.2, 0.25) is 0 Å². The predicted octanol–water partition coefficient (Wildman–Crippen LogP) is 3.52. The second-order valence-corrected chi connectivity index (χ2v) is 4.17. The number of ether oxygens (including phenoxy) is 1. The number of aromatic nitrogens is 1. The molecule has 1 aromatic heterocycles. The van der Waals surface area contributed by atoms with Crippen LogP contribution in [0.5, 0.6) is 11.5 Å². The van der Waals surface area contributed by atoms with Crippen molar-refractivity contribution >= 4 is 5.97 Å². The summed E-state index contributed by atoms with van der Waals surface area (Å²) in [4.78, 5) is 14.8. The van der Waals surface area contributed by atoms with E-state index in [1.54, 1.807) is 6.07 Å². The van der Waals surface area contributed by atoms with Crippen LogP contribution in [0.4, 0.5) is 0 Å². The lowest BCUT2D eigenvalue weighted by molar-refractivity contribution is 0.0693. The van der Waals surface area contributed by atoms with Crippen molar-refractivity contribution in [1.82, 2.24) is 4.98 Å². The van der Waals surface area contributed by atoms with Crippen molar-refractivity contribution in [3.05, 3.63) is 53.9 Å². The third-order valence-corrected chi connectivity index (χ3v) is 2.70. The third-order valence-electron chi connectivity index (χ3n) is 2.70. The number of carboxylic acids is 1. The summed E-state index contributed by atoms with van der Waals surface area (Å²) in [5.41, 5.74) is 1.29. The molecule has 1 heterocycles. The summed E-state index contributed by atoms with van der Waals surface area (Å²) < 4.78 is 5.58. The first-order valence-electron chi connectivity index (χ1n) is 6.15. The molecular formula is C15H15NO3. The fourth-order valence-corrected chi connectivity index (χ4v) is 1.77. The Hall–Kier alpha value is -2.36. The van der Waals surface area contributed by atoms with Gasteiger partial charge in [0, 0.05) is 18.5 Å². The van der Waals surface area contributed by atoms with Crippen molar-refractivity contribution in [3.8, 4) is 11.5 Å². The van der Waals surface area contributed by atoms with Crippen LogP contribution in [0.3, 0.4) is 0 Å². The second-order valence-electron chi connectivity index (χ2n) is 4.17. The van der Waals surface area contributed by atoms with E-state index < -0.39 is 5.97 Å². The lowest BCUT2D eigenvalue weighted by Crippen LogP contribution is -2.00. The zero-order valence-electron chi connectivity index (χ0n) is 10.7. The molecule has 0 amide bonds. The standard InChI is InChI=1S/C15H15NO3/c1-2-3-11-4-6-12(7-5-11)19-14-8-9-16-10-13(14)15(17)18/h4-10H,2-3H2,1H3,(H,17,18). The number of carboxylic acid groups (broad SMARTS) is 1. The van der Waals surface area contributed by atoms with Gasteiger partial charge in [-0.2, -0.15) is 0 Å². The molecule has 19 heavy (non-hydrogen) atoms. The number of aromatic carboxylic acids is 1. The zero-order chi connectivity index (χ0) is 13.7. The molecule has 0 bridgehead atoms. The van der Waals surface area contributed by atoms with Crippen molar-refractivity contribution in [3.63, 3.8) is 0 Å². The molecule has 1 aromatic carbocycles. The fraction of sp³-hybridized carbons (Fsp3) is 0.200. The maximum atomic E-state index is 11.0. The molecule has 0 saturated carbocycles. The molecular weight excluding hydrogens is 242 g/mol. The summed E-state index contributed by atoms with van der Waals surface area (Å²) in [6, 6.07) is 9.21. The van der Waals surface area contributed by atoms with Gasteiger partial charge in [-0.25, -0.2) is 4.79 Å². The molecule has 0 fully saturated rings. The van der Waals surface area contributed by atoms with Crippen LogP contribution in [0, 0.1) is 0 Å². The topological polar surface area (TPSA) is 59.4 Å². The third kappa shape index (κ3) is 3.31. The van der Waals surface area contributed by atoms with Gasteiger partial charge in [0.15, 0.2) is 0 Å². The number of carbonyl (C=O) groups is 1. The van der Waals surface area contributed by atoms with E-state index in [4.69, 9.17) is 9.84 Å². The molecule has 4 nitrogen and oxygen atoms in total. The average Bonchev–Trinajstić information content (AvgIpc) is 2.42. The van der Waals surface area contributed by atoms with Gasteiger partial charge in [0.05, 0.1) is 0 Å². The Labute approximate surface area is 111 Å². The summed E-state index contributed by atoms with van der Waals surface area (Å²) in [7, 11) is 0. The van der Waals surface area contributed by atoms with Gasteiger partial charge in [-0.05, 0) is 24.1 Å². The molecule has 0 unspecified atom stereocenters. The zero-order valence-corrected chi connectivity index (χ0v) is 10.7. The number of hydrogen-bond acceptors (Lipinski definition) is 3. The van der Waals surface area contributed by atoms with Crippen LogP contribution in [0.25, 0.3) is 0 Å². The molecule has 2 aromatic rings. The highest BCUT2D eigenvalue weighted by atomic mass is 16.5. The van der Waals surface area contributed by atoms with Crippen LogP contribution in [-0.4, -0.2) is 16.1 Å². The Balaban J connectivity index is 2.19. The van der Waals surface area contributed by atoms with E-state index in [0.717, 1.165) is 12.8 Å². The molecule has 0 aliphatic carbocycles. The van der Waals surface area contributed by atoms with E-state index in [1.807, 2.05) is 24.3 Å². The lowest BCUT2D eigenvalue weighted by atomic mass is 10.1. The summed E-state index contributed by atoms with van der Waals surface area (Å²) >= 11 is 0. The van der Waals surface area contributed by atoms with Crippen molar-refractivity contribution in [2.75, 3.05) is 0 Å². The Kier molecular flexibility index (Phi) is 4.13. The largest absolute Gasteiger partial charge is 0.477 e. The summed E-state index contributed by atoms with van der Waals surface area (Å²) in [6.45, 7) is 2.13. The Morgan fingerprint density at radius 3 is 2.63 bits per heavy atom. The predicted molar refractivity (Wildman–Crippen MR) is 71.7 cm³/mol. The van der Waals surface area contributed by atoms with Gasteiger partial charge in [-0.15, -0.1) is 0 Å². The summed E-state index contributed by atoms with van der Waals surface area (Å²) in [5, 5.41) is 9.04. The highest BCUT2D eigenvalue weighted by Gasteiger charge is 2.11.